The van der Waals surface area contributed by atoms with Crippen molar-refractivity contribution in [3.63, 3.8) is 0 Å². The summed E-state index contributed by atoms with van der Waals surface area (Å²) in [4.78, 5) is 13.6. The lowest BCUT2D eigenvalue weighted by atomic mass is 9.72. The predicted molar refractivity (Wildman–Crippen MR) is 313 cm³/mol. The van der Waals surface area contributed by atoms with E-state index in [1.165, 1.54) is 69.1 Å². The third kappa shape index (κ3) is 10.5. The molecule has 1 fully saturated rings. The lowest BCUT2D eigenvalue weighted by Gasteiger charge is -2.39. The third-order valence-electron chi connectivity index (χ3n) is 17.2. The Balaban J connectivity index is 0.892. The van der Waals surface area contributed by atoms with Crippen LogP contribution in [0.1, 0.15) is 141 Å². The second-order valence-electron chi connectivity index (χ2n) is 22.0. The van der Waals surface area contributed by atoms with Crippen LogP contribution in [0.3, 0.4) is 0 Å². The summed E-state index contributed by atoms with van der Waals surface area (Å²) in [5.74, 6) is 2.81. The number of unbranched alkanes of at least 4 members (excludes halogenated alkanes) is 3. The van der Waals surface area contributed by atoms with Gasteiger partial charge in [0.05, 0.1) is 14.2 Å². The number of fused-ring (bicyclic) bond motifs is 8. The minimum atomic E-state index is -4.91. The number of benzene rings is 8. The van der Waals surface area contributed by atoms with Crippen LogP contribution in [0.4, 0.5) is 18.9 Å². The Morgan fingerprint density at radius 1 is 0.646 bits per heavy atom. The highest BCUT2D eigenvalue weighted by Gasteiger charge is 2.46. The number of alkyl halides is 3. The van der Waals surface area contributed by atoms with Crippen LogP contribution < -0.4 is 24.3 Å². The third-order valence-corrected chi connectivity index (χ3v) is 17.2. The summed E-state index contributed by atoms with van der Waals surface area (Å²) in [5.41, 5.74) is 11.7. The van der Waals surface area contributed by atoms with Crippen molar-refractivity contribution in [3.05, 3.63) is 203 Å². The number of ether oxygens (including phenoxy) is 4. The van der Waals surface area contributed by atoms with Gasteiger partial charge < -0.3 is 24.3 Å². The number of amides is 1. The van der Waals surface area contributed by atoms with Gasteiger partial charge in [-0.05, 0) is 178 Å². The molecule has 3 aliphatic rings. The highest BCUT2D eigenvalue weighted by molar-refractivity contribution is 6.09. The van der Waals surface area contributed by atoms with Crippen molar-refractivity contribution >= 4 is 28.4 Å². The molecule has 1 unspecified atom stereocenters. The van der Waals surface area contributed by atoms with E-state index in [0.717, 1.165) is 91.8 Å². The summed E-state index contributed by atoms with van der Waals surface area (Å²) in [5, 5.41) is 4.34. The number of carbonyl (C=O) groups excluding carboxylic acids is 1. The molecule has 79 heavy (non-hydrogen) atoms. The second kappa shape index (κ2) is 22.2. The average Bonchev–Trinajstić information content (AvgIpc) is 3.27. The lowest BCUT2D eigenvalue weighted by Crippen LogP contribution is -2.35. The first-order valence-electron chi connectivity index (χ1n) is 28.2. The fourth-order valence-electron chi connectivity index (χ4n) is 12.8. The quantitative estimate of drug-likeness (QED) is 0.0921. The van der Waals surface area contributed by atoms with E-state index in [1.807, 2.05) is 97.1 Å². The van der Waals surface area contributed by atoms with E-state index in [1.54, 1.807) is 20.3 Å². The molecule has 0 radical (unpaired) electrons. The van der Waals surface area contributed by atoms with E-state index >= 15 is 0 Å². The predicted octanol–water partition coefficient (Wildman–Crippen LogP) is 19.0. The van der Waals surface area contributed by atoms with Crippen molar-refractivity contribution in [3.8, 4) is 56.4 Å². The van der Waals surface area contributed by atoms with Gasteiger partial charge in [-0.3, -0.25) is 4.79 Å². The standard InChI is InChI=1S/C70H68F3NO5/c1-6-8-10-11-45-12-14-46(15-13-45)47-16-18-48(19-17-47)49-20-22-51(23-21-49)67(75)74-55-31-24-50(25-32-55)52-26-39-63-62(43-52)64-59-38-37-58(78-70(71,72)73)44-61(59)66-60(65(64)68(63,3)41-9-7-2)40-42-69(79-66,53-27-33-56(76-4)34-28-53)54-29-35-57(77-5)36-30-54/h16-40,42-46H,6-15,41H2,1-5H3,(H,74,75). The Morgan fingerprint density at radius 3 is 1.84 bits per heavy atom. The smallest absolute Gasteiger partial charge is 0.497 e. The lowest BCUT2D eigenvalue weighted by molar-refractivity contribution is -0.274. The van der Waals surface area contributed by atoms with E-state index in [2.05, 4.69) is 85.4 Å². The van der Waals surface area contributed by atoms with Gasteiger partial charge in [0.15, 0.2) is 5.60 Å². The maximum Gasteiger partial charge on any atom is 0.573 e. The molecule has 404 valence electrons. The SMILES string of the molecule is CCCCCC1CCC(c2ccc(-c3ccc(C(=O)Nc4ccc(-c5ccc6c(c5)-c5c(c7c(c8cc(OC(F)(F)F)ccc58)OC(c5ccc(OC)cc5)(c5ccc(OC)cc5)C=C7)C6(C)CCCC)cc4)cc3)cc2)CC1. The highest BCUT2D eigenvalue weighted by Crippen LogP contribution is 2.60. The van der Waals surface area contributed by atoms with Crippen LogP contribution in [-0.4, -0.2) is 26.5 Å². The number of methoxy groups -OCH3 is 2. The van der Waals surface area contributed by atoms with Crippen LogP contribution in [0, 0.1) is 5.92 Å². The average molecular weight is 1060 g/mol. The molecule has 8 aromatic rings. The van der Waals surface area contributed by atoms with E-state index in [-0.39, 0.29) is 11.7 Å². The molecule has 9 heteroatoms. The van der Waals surface area contributed by atoms with Gasteiger partial charge in [0.2, 0.25) is 0 Å². The molecule has 0 aromatic heterocycles. The topological polar surface area (TPSA) is 66.0 Å². The molecule has 1 amide bonds. The number of hydrogen-bond donors (Lipinski definition) is 1. The highest BCUT2D eigenvalue weighted by atomic mass is 19.4. The van der Waals surface area contributed by atoms with Gasteiger partial charge in [-0.1, -0.05) is 150 Å². The second-order valence-corrected chi connectivity index (χ2v) is 22.0. The first kappa shape index (κ1) is 53.2. The number of anilines is 1. The van der Waals surface area contributed by atoms with Gasteiger partial charge in [-0.15, -0.1) is 13.2 Å². The zero-order valence-electron chi connectivity index (χ0n) is 45.8. The van der Waals surface area contributed by atoms with E-state index in [0.29, 0.717) is 39.8 Å². The van der Waals surface area contributed by atoms with Crippen molar-refractivity contribution < 1.29 is 36.9 Å². The number of halogens is 3. The number of rotatable bonds is 17. The van der Waals surface area contributed by atoms with Crippen LogP contribution in [0.5, 0.6) is 23.0 Å². The minimum Gasteiger partial charge on any atom is -0.497 e. The Bertz CT molecular complexity index is 3460. The fourth-order valence-corrected chi connectivity index (χ4v) is 12.8. The molecule has 11 rings (SSSR count). The summed E-state index contributed by atoms with van der Waals surface area (Å²) in [6, 6.07) is 51.2. The van der Waals surface area contributed by atoms with Gasteiger partial charge in [-0.25, -0.2) is 0 Å². The van der Waals surface area contributed by atoms with Crippen molar-refractivity contribution in [2.45, 2.75) is 115 Å². The van der Waals surface area contributed by atoms with Crippen LogP contribution >= 0.6 is 0 Å². The molecular weight excluding hydrogens is 992 g/mol. The Morgan fingerprint density at radius 2 is 1.23 bits per heavy atom. The summed E-state index contributed by atoms with van der Waals surface area (Å²) in [7, 11) is 3.23. The fraction of sp³-hybridized carbons (Fsp3) is 0.300. The van der Waals surface area contributed by atoms with Crippen molar-refractivity contribution in [1.29, 1.82) is 0 Å². The van der Waals surface area contributed by atoms with Crippen LogP contribution in [0.25, 0.3) is 50.2 Å². The summed E-state index contributed by atoms with van der Waals surface area (Å²) < 4.78 is 65.2. The Labute approximate surface area is 462 Å². The van der Waals surface area contributed by atoms with Crippen LogP contribution in [-0.2, 0) is 11.0 Å². The van der Waals surface area contributed by atoms with Gasteiger partial charge in [-0.2, -0.15) is 0 Å². The van der Waals surface area contributed by atoms with Crippen molar-refractivity contribution in [2.75, 3.05) is 19.5 Å². The minimum absolute atomic E-state index is 0.192. The molecule has 2 aliphatic carbocycles. The van der Waals surface area contributed by atoms with Crippen LogP contribution in [0.15, 0.2) is 164 Å². The van der Waals surface area contributed by atoms with Gasteiger partial charge in [0.1, 0.15) is 23.0 Å². The maximum absolute atomic E-state index is 14.0. The van der Waals surface area contributed by atoms with Gasteiger partial charge >= 0.3 is 6.36 Å². The molecule has 1 aliphatic heterocycles. The molecule has 1 atom stereocenters. The zero-order chi connectivity index (χ0) is 54.9. The molecule has 1 heterocycles. The molecule has 6 nitrogen and oxygen atoms in total. The Hall–Kier alpha value is -7.78. The van der Waals surface area contributed by atoms with Crippen molar-refractivity contribution in [2.24, 2.45) is 5.92 Å². The van der Waals surface area contributed by atoms with Gasteiger partial charge in [0, 0.05) is 38.7 Å². The molecule has 0 saturated heterocycles. The number of hydrogen-bond acceptors (Lipinski definition) is 5. The number of nitrogens with one attached hydrogen (secondary N) is 1. The summed E-state index contributed by atoms with van der Waals surface area (Å²) >= 11 is 0. The first-order chi connectivity index (χ1) is 38.3. The van der Waals surface area contributed by atoms with E-state index in [9.17, 15) is 18.0 Å². The van der Waals surface area contributed by atoms with Crippen LogP contribution in [0.2, 0.25) is 0 Å². The summed E-state index contributed by atoms with van der Waals surface area (Å²) in [6.45, 7) is 6.75. The molecule has 8 aromatic carbocycles. The van der Waals surface area contributed by atoms with Crippen molar-refractivity contribution in [1.82, 2.24) is 0 Å². The normalized spacial score (nSPS) is 18.0. The van der Waals surface area contributed by atoms with E-state index in [4.69, 9.17) is 14.2 Å². The monoisotopic (exact) mass is 1060 g/mol. The largest absolute Gasteiger partial charge is 0.573 e. The number of carbonyl (C=O) groups is 1. The Kier molecular flexibility index (Phi) is 14.9. The first-order valence-corrected chi connectivity index (χ1v) is 28.2. The molecular formula is C70H68F3NO5. The zero-order valence-corrected chi connectivity index (χ0v) is 45.8. The summed E-state index contributed by atoms with van der Waals surface area (Å²) in [6.07, 6.45) is 12.6. The van der Waals surface area contributed by atoms with Gasteiger partial charge in [0.25, 0.3) is 5.91 Å². The van der Waals surface area contributed by atoms with E-state index < -0.39 is 17.4 Å². The molecule has 1 N–H and O–H groups in total. The maximum atomic E-state index is 14.0. The molecule has 1 saturated carbocycles. The molecule has 0 spiro atoms. The molecule has 0 bridgehead atoms.